The van der Waals surface area contributed by atoms with Gasteiger partial charge in [0.05, 0.1) is 12.0 Å². The second-order valence-corrected chi connectivity index (χ2v) is 9.49. The number of carboxylic acids is 1. The van der Waals surface area contributed by atoms with Crippen molar-refractivity contribution >= 4 is 18.0 Å². The molecule has 0 bridgehead atoms. The standard InChI is InChI=1S/C27H30N2O6/c30-25(29-13-5-6-17(15-29)26(31)32)24-12-11-18(35-24)14-28-27(33)34-16-23-21-9-3-1-7-19(21)20-8-2-4-10-22(20)23/h1-4,7-10,17-18,23-24H,5-6,11-16H2,(H,28,33)(H,31,32)/t17-,18?,24?/m1/s1. The largest absolute Gasteiger partial charge is 0.481 e. The zero-order valence-corrected chi connectivity index (χ0v) is 19.5. The summed E-state index contributed by atoms with van der Waals surface area (Å²) in [4.78, 5) is 38.1. The summed E-state index contributed by atoms with van der Waals surface area (Å²) in [5.74, 6) is -1.53. The molecule has 0 spiro atoms. The summed E-state index contributed by atoms with van der Waals surface area (Å²) in [6.45, 7) is 1.30. The van der Waals surface area contributed by atoms with E-state index in [1.807, 2.05) is 24.3 Å². The highest BCUT2D eigenvalue weighted by molar-refractivity contribution is 5.82. The lowest BCUT2D eigenvalue weighted by atomic mass is 9.97. The number of amides is 2. The maximum Gasteiger partial charge on any atom is 0.407 e. The van der Waals surface area contributed by atoms with Crippen molar-refractivity contribution < 1.29 is 29.0 Å². The highest BCUT2D eigenvalue weighted by Crippen LogP contribution is 2.44. The van der Waals surface area contributed by atoms with Crippen LogP contribution in [0.25, 0.3) is 11.1 Å². The van der Waals surface area contributed by atoms with Gasteiger partial charge >= 0.3 is 12.1 Å². The minimum Gasteiger partial charge on any atom is -0.481 e. The van der Waals surface area contributed by atoms with Crippen molar-refractivity contribution in [3.63, 3.8) is 0 Å². The van der Waals surface area contributed by atoms with E-state index in [0.29, 0.717) is 32.2 Å². The summed E-state index contributed by atoms with van der Waals surface area (Å²) >= 11 is 0. The zero-order chi connectivity index (χ0) is 24.4. The minimum atomic E-state index is -0.861. The van der Waals surface area contributed by atoms with E-state index in [-0.39, 0.29) is 37.6 Å². The van der Waals surface area contributed by atoms with Gasteiger partial charge in [0.15, 0.2) is 0 Å². The molecule has 1 aliphatic carbocycles. The Morgan fingerprint density at radius 1 is 1.00 bits per heavy atom. The Morgan fingerprint density at radius 2 is 1.69 bits per heavy atom. The van der Waals surface area contributed by atoms with Crippen LogP contribution in [0.5, 0.6) is 0 Å². The second kappa shape index (κ2) is 10.1. The van der Waals surface area contributed by atoms with Crippen molar-refractivity contribution in [1.29, 1.82) is 0 Å². The molecule has 184 valence electrons. The van der Waals surface area contributed by atoms with E-state index in [2.05, 4.69) is 29.6 Å². The van der Waals surface area contributed by atoms with Crippen LogP contribution >= 0.6 is 0 Å². The molecule has 0 aromatic heterocycles. The fraction of sp³-hybridized carbons (Fsp3) is 0.444. The molecular weight excluding hydrogens is 448 g/mol. The van der Waals surface area contributed by atoms with Gasteiger partial charge in [-0.25, -0.2) is 4.79 Å². The van der Waals surface area contributed by atoms with Crippen molar-refractivity contribution in [3.05, 3.63) is 59.7 Å². The number of ether oxygens (including phenoxy) is 2. The fourth-order valence-corrected chi connectivity index (χ4v) is 5.47. The molecule has 2 aromatic rings. The van der Waals surface area contributed by atoms with Gasteiger partial charge in [-0.05, 0) is 47.9 Å². The molecule has 3 aliphatic rings. The summed E-state index contributed by atoms with van der Waals surface area (Å²) in [6, 6.07) is 16.4. The van der Waals surface area contributed by atoms with E-state index >= 15 is 0 Å². The van der Waals surface area contributed by atoms with Crippen molar-refractivity contribution in [2.75, 3.05) is 26.2 Å². The Balaban J connectivity index is 1.09. The number of rotatable bonds is 6. The number of fused-ring (bicyclic) bond motifs is 3. The minimum absolute atomic E-state index is 0.00273. The lowest BCUT2D eigenvalue weighted by Crippen LogP contribution is -2.46. The summed E-state index contributed by atoms with van der Waals surface area (Å²) in [7, 11) is 0. The molecule has 8 heteroatoms. The number of carbonyl (C=O) groups is 3. The number of hydrogen-bond donors (Lipinski definition) is 2. The number of alkyl carbamates (subject to hydrolysis) is 1. The molecule has 0 radical (unpaired) electrons. The van der Waals surface area contributed by atoms with E-state index in [4.69, 9.17) is 9.47 Å². The van der Waals surface area contributed by atoms with Crippen LogP contribution in [-0.4, -0.2) is 66.4 Å². The Labute approximate surface area is 204 Å². The number of aliphatic carboxylic acids is 1. The van der Waals surface area contributed by atoms with Crippen LogP contribution in [0.4, 0.5) is 4.79 Å². The SMILES string of the molecule is O=C(NCC1CCC(C(=O)N2CCC[C@@H](C(=O)O)C2)O1)OCC1c2ccccc2-c2ccccc21. The van der Waals surface area contributed by atoms with E-state index in [9.17, 15) is 19.5 Å². The average Bonchev–Trinajstić information content (AvgIpc) is 3.49. The van der Waals surface area contributed by atoms with Gasteiger partial charge in [-0.3, -0.25) is 9.59 Å². The molecule has 2 saturated heterocycles. The number of likely N-dealkylation sites (tertiary alicyclic amines) is 1. The van der Waals surface area contributed by atoms with Crippen molar-refractivity contribution in [1.82, 2.24) is 10.2 Å². The van der Waals surface area contributed by atoms with Crippen molar-refractivity contribution in [2.24, 2.45) is 5.92 Å². The van der Waals surface area contributed by atoms with E-state index in [1.54, 1.807) is 4.90 Å². The highest BCUT2D eigenvalue weighted by atomic mass is 16.5. The monoisotopic (exact) mass is 478 g/mol. The number of carboxylic acid groups (broad SMARTS) is 1. The van der Waals surface area contributed by atoms with E-state index in [0.717, 1.165) is 11.1 Å². The first-order chi connectivity index (χ1) is 17.0. The predicted molar refractivity (Wildman–Crippen MR) is 128 cm³/mol. The smallest absolute Gasteiger partial charge is 0.407 e. The molecule has 2 unspecified atom stereocenters. The predicted octanol–water partition coefficient (Wildman–Crippen LogP) is 3.40. The summed E-state index contributed by atoms with van der Waals surface area (Å²) in [5.41, 5.74) is 4.67. The molecule has 35 heavy (non-hydrogen) atoms. The third kappa shape index (κ3) is 4.89. The lowest BCUT2D eigenvalue weighted by molar-refractivity contribution is -0.150. The first kappa shape index (κ1) is 23.4. The van der Waals surface area contributed by atoms with E-state index in [1.165, 1.54) is 11.1 Å². The maximum atomic E-state index is 12.8. The summed E-state index contributed by atoms with van der Waals surface area (Å²) < 4.78 is 11.5. The summed E-state index contributed by atoms with van der Waals surface area (Å²) in [5, 5.41) is 12.0. The quantitative estimate of drug-likeness (QED) is 0.659. The van der Waals surface area contributed by atoms with Crippen LogP contribution in [0.15, 0.2) is 48.5 Å². The highest BCUT2D eigenvalue weighted by Gasteiger charge is 2.37. The molecule has 5 rings (SSSR count). The van der Waals surface area contributed by atoms with Crippen molar-refractivity contribution in [2.45, 2.75) is 43.8 Å². The van der Waals surface area contributed by atoms with Gasteiger partial charge < -0.3 is 24.8 Å². The maximum absolute atomic E-state index is 12.8. The van der Waals surface area contributed by atoms with E-state index < -0.39 is 24.1 Å². The third-order valence-electron chi connectivity index (χ3n) is 7.28. The first-order valence-corrected chi connectivity index (χ1v) is 12.3. The molecule has 0 saturated carbocycles. The van der Waals surface area contributed by atoms with Crippen LogP contribution < -0.4 is 5.32 Å². The molecule has 8 nitrogen and oxygen atoms in total. The van der Waals surface area contributed by atoms with Gasteiger partial charge in [-0.15, -0.1) is 0 Å². The van der Waals surface area contributed by atoms with Gasteiger partial charge in [0.1, 0.15) is 12.7 Å². The zero-order valence-electron chi connectivity index (χ0n) is 19.5. The van der Waals surface area contributed by atoms with Crippen LogP contribution in [0.1, 0.15) is 42.7 Å². The molecular formula is C27H30N2O6. The van der Waals surface area contributed by atoms with Crippen LogP contribution in [0, 0.1) is 5.92 Å². The average molecular weight is 479 g/mol. The normalized spacial score (nSPS) is 23.4. The topological polar surface area (TPSA) is 105 Å². The Morgan fingerprint density at radius 3 is 2.37 bits per heavy atom. The second-order valence-electron chi connectivity index (χ2n) is 9.49. The molecule has 2 amide bonds. The fourth-order valence-electron chi connectivity index (χ4n) is 5.47. The van der Waals surface area contributed by atoms with Gasteiger partial charge in [0.25, 0.3) is 5.91 Å². The van der Waals surface area contributed by atoms with Gasteiger partial charge in [0, 0.05) is 25.6 Å². The van der Waals surface area contributed by atoms with Gasteiger partial charge in [-0.1, -0.05) is 48.5 Å². The molecule has 3 atom stereocenters. The number of hydrogen-bond acceptors (Lipinski definition) is 5. The number of nitrogens with one attached hydrogen (secondary N) is 1. The number of carbonyl (C=O) groups excluding carboxylic acids is 2. The van der Waals surface area contributed by atoms with Crippen LogP contribution in [-0.2, 0) is 19.1 Å². The van der Waals surface area contributed by atoms with Crippen molar-refractivity contribution in [3.8, 4) is 11.1 Å². The Bertz CT molecular complexity index is 1070. The third-order valence-corrected chi connectivity index (χ3v) is 7.28. The molecule has 2 aromatic carbocycles. The Hall–Kier alpha value is -3.39. The number of piperidine rings is 1. The number of benzene rings is 2. The van der Waals surface area contributed by atoms with Crippen LogP contribution in [0.3, 0.4) is 0 Å². The molecule has 2 aliphatic heterocycles. The van der Waals surface area contributed by atoms with Gasteiger partial charge in [-0.2, -0.15) is 0 Å². The number of nitrogens with zero attached hydrogens (tertiary/aromatic N) is 1. The van der Waals surface area contributed by atoms with Gasteiger partial charge in [0.2, 0.25) is 0 Å². The molecule has 2 heterocycles. The molecule has 2 N–H and O–H groups in total. The lowest BCUT2D eigenvalue weighted by Gasteiger charge is -2.32. The first-order valence-electron chi connectivity index (χ1n) is 12.3. The summed E-state index contributed by atoms with van der Waals surface area (Å²) in [6.07, 6.45) is 1.12. The Kier molecular flexibility index (Phi) is 6.72. The van der Waals surface area contributed by atoms with Crippen LogP contribution in [0.2, 0.25) is 0 Å². The molecule has 2 fully saturated rings.